The van der Waals surface area contributed by atoms with Gasteiger partial charge in [0.2, 0.25) is 0 Å². The summed E-state index contributed by atoms with van der Waals surface area (Å²) in [6.07, 6.45) is 13.2. The van der Waals surface area contributed by atoms with Gasteiger partial charge in [0.1, 0.15) is 5.76 Å². The number of hydrogen-bond donors (Lipinski definition) is 0. The minimum absolute atomic E-state index is 0.426. The Labute approximate surface area is 157 Å². The molecule has 7 atom stereocenters. The molecule has 0 heterocycles. The molecule has 0 aromatic carbocycles. The number of allylic oxidation sites excluding steroid dienone is 2. The summed E-state index contributed by atoms with van der Waals surface area (Å²) >= 11 is 3.66. The number of alkyl halides is 1. The lowest BCUT2D eigenvalue weighted by molar-refractivity contribution is -0.0477. The highest BCUT2D eigenvalue weighted by Crippen LogP contribution is 2.64. The monoisotopic (exact) mass is 394 g/mol. The van der Waals surface area contributed by atoms with Crippen molar-refractivity contribution in [3.63, 3.8) is 0 Å². The van der Waals surface area contributed by atoms with Crippen molar-refractivity contribution in [2.24, 2.45) is 40.9 Å². The quantitative estimate of drug-likeness (QED) is 0.379. The Morgan fingerprint density at radius 1 is 1.08 bits per heavy atom. The molecule has 0 aromatic heterocycles. The normalized spacial score (nSPS) is 49.8. The average Bonchev–Trinajstić information content (AvgIpc) is 2.93. The SMILES string of the molecule is CO/C(CBr)=C1\CCC2[C@@H]3CC[C@@H]4C[C@@H](C)CC[C@@H]4C3CC[C@]12C. The third kappa shape index (κ3) is 2.61. The summed E-state index contributed by atoms with van der Waals surface area (Å²) in [5.74, 6) is 7.33. The zero-order valence-corrected chi connectivity index (χ0v) is 17.4. The van der Waals surface area contributed by atoms with Crippen LogP contribution >= 0.6 is 15.9 Å². The van der Waals surface area contributed by atoms with Crippen molar-refractivity contribution in [1.82, 2.24) is 0 Å². The molecule has 0 aromatic rings. The van der Waals surface area contributed by atoms with Crippen molar-refractivity contribution < 1.29 is 4.74 Å². The van der Waals surface area contributed by atoms with Gasteiger partial charge >= 0.3 is 0 Å². The maximum atomic E-state index is 5.76. The van der Waals surface area contributed by atoms with Crippen LogP contribution in [0.3, 0.4) is 0 Å². The van der Waals surface area contributed by atoms with Gasteiger partial charge in [0.25, 0.3) is 0 Å². The molecule has 0 saturated heterocycles. The van der Waals surface area contributed by atoms with E-state index in [2.05, 4.69) is 29.8 Å². The molecular formula is C22H35BrO. The fourth-order valence-corrected chi connectivity index (χ4v) is 8.18. The lowest BCUT2D eigenvalue weighted by Gasteiger charge is -2.55. The van der Waals surface area contributed by atoms with Crippen LogP contribution in [0.25, 0.3) is 0 Å². The van der Waals surface area contributed by atoms with Crippen molar-refractivity contribution in [3.8, 4) is 0 Å². The molecule has 4 rings (SSSR count). The fraction of sp³-hybridized carbons (Fsp3) is 0.909. The Morgan fingerprint density at radius 2 is 1.88 bits per heavy atom. The van der Waals surface area contributed by atoms with Gasteiger partial charge in [-0.3, -0.25) is 0 Å². The summed E-state index contributed by atoms with van der Waals surface area (Å²) in [6.45, 7) is 5.06. The third-order valence-electron chi connectivity index (χ3n) is 8.71. The predicted octanol–water partition coefficient (Wildman–Crippen LogP) is 6.57. The van der Waals surface area contributed by atoms with Crippen molar-refractivity contribution in [2.45, 2.75) is 71.6 Å². The minimum atomic E-state index is 0.426. The van der Waals surface area contributed by atoms with Crippen molar-refractivity contribution in [1.29, 1.82) is 0 Å². The number of methoxy groups -OCH3 is 1. The highest BCUT2D eigenvalue weighted by Gasteiger charge is 2.55. The topological polar surface area (TPSA) is 9.23 Å². The van der Waals surface area contributed by atoms with E-state index in [1.54, 1.807) is 5.57 Å². The molecule has 1 nitrogen and oxygen atoms in total. The maximum Gasteiger partial charge on any atom is 0.106 e. The lowest BCUT2D eigenvalue weighted by Crippen LogP contribution is -2.47. The Kier molecular flexibility index (Phi) is 4.82. The lowest BCUT2D eigenvalue weighted by atomic mass is 9.50. The van der Waals surface area contributed by atoms with E-state index in [0.717, 1.165) is 40.8 Å². The van der Waals surface area contributed by atoms with Crippen LogP contribution < -0.4 is 0 Å². The van der Waals surface area contributed by atoms with E-state index in [0.29, 0.717) is 5.41 Å². The van der Waals surface area contributed by atoms with E-state index in [-0.39, 0.29) is 0 Å². The van der Waals surface area contributed by atoms with Crippen molar-refractivity contribution in [3.05, 3.63) is 11.3 Å². The average molecular weight is 395 g/mol. The first-order valence-corrected chi connectivity index (χ1v) is 11.5. The summed E-state index contributed by atoms with van der Waals surface area (Å²) < 4.78 is 5.76. The molecule has 136 valence electrons. The molecule has 0 radical (unpaired) electrons. The van der Waals surface area contributed by atoms with Crippen molar-refractivity contribution in [2.75, 3.05) is 12.4 Å². The zero-order valence-electron chi connectivity index (χ0n) is 15.8. The van der Waals surface area contributed by atoms with Gasteiger partial charge in [-0.25, -0.2) is 0 Å². The zero-order chi connectivity index (χ0) is 16.9. The summed E-state index contributed by atoms with van der Waals surface area (Å²) in [4.78, 5) is 0. The summed E-state index contributed by atoms with van der Waals surface area (Å²) in [6, 6.07) is 0. The maximum absolute atomic E-state index is 5.76. The molecule has 4 aliphatic rings. The summed E-state index contributed by atoms with van der Waals surface area (Å²) in [7, 11) is 1.86. The number of ether oxygens (including phenoxy) is 1. The van der Waals surface area contributed by atoms with Gasteiger partial charge < -0.3 is 4.74 Å². The molecule has 4 fully saturated rings. The predicted molar refractivity (Wildman–Crippen MR) is 104 cm³/mol. The Balaban J connectivity index is 1.59. The van der Waals surface area contributed by atoms with Crippen LogP contribution in [0.1, 0.15) is 71.6 Å². The molecule has 24 heavy (non-hydrogen) atoms. The van der Waals surface area contributed by atoms with Gasteiger partial charge in [0, 0.05) is 0 Å². The number of rotatable bonds is 2. The van der Waals surface area contributed by atoms with Crippen LogP contribution in [0.5, 0.6) is 0 Å². The van der Waals surface area contributed by atoms with Gasteiger partial charge in [-0.1, -0.05) is 36.2 Å². The van der Waals surface area contributed by atoms with E-state index < -0.39 is 0 Å². The molecule has 0 spiro atoms. The van der Waals surface area contributed by atoms with Crippen LogP contribution in [0.2, 0.25) is 0 Å². The van der Waals surface area contributed by atoms with Crippen LogP contribution in [0.15, 0.2) is 11.3 Å². The second-order valence-electron chi connectivity index (χ2n) is 9.59. The van der Waals surface area contributed by atoms with Gasteiger partial charge in [0.15, 0.2) is 0 Å². The van der Waals surface area contributed by atoms with E-state index in [1.807, 2.05) is 7.11 Å². The largest absolute Gasteiger partial charge is 0.500 e. The second-order valence-corrected chi connectivity index (χ2v) is 10.1. The second kappa shape index (κ2) is 6.63. The molecule has 0 amide bonds. The summed E-state index contributed by atoms with van der Waals surface area (Å²) in [5.41, 5.74) is 2.08. The summed E-state index contributed by atoms with van der Waals surface area (Å²) in [5, 5.41) is 0.887. The molecule has 4 aliphatic carbocycles. The molecular weight excluding hydrogens is 360 g/mol. The number of fused-ring (bicyclic) bond motifs is 5. The van der Waals surface area contributed by atoms with Crippen LogP contribution in [-0.2, 0) is 4.74 Å². The van der Waals surface area contributed by atoms with Gasteiger partial charge in [0.05, 0.1) is 12.4 Å². The van der Waals surface area contributed by atoms with E-state index in [1.165, 1.54) is 63.5 Å². The van der Waals surface area contributed by atoms with E-state index in [4.69, 9.17) is 4.74 Å². The van der Waals surface area contributed by atoms with Gasteiger partial charge in [-0.2, -0.15) is 0 Å². The Morgan fingerprint density at radius 3 is 2.62 bits per heavy atom. The van der Waals surface area contributed by atoms with E-state index in [9.17, 15) is 0 Å². The molecule has 4 saturated carbocycles. The fourth-order valence-electron chi connectivity index (χ4n) is 7.62. The molecule has 0 bridgehead atoms. The standard InChI is InChI=1S/C22H35BrO/c1-14-4-6-16-15(12-14)5-7-18-17(16)10-11-22(2)19(18)8-9-20(22)21(13-23)24-3/h14-19H,4-13H2,1-3H3/b21-20+/t14-,15+,16-,17?,18+,19?,22-/m0/s1. The van der Waals surface area contributed by atoms with Crippen molar-refractivity contribution >= 4 is 15.9 Å². The third-order valence-corrected chi connectivity index (χ3v) is 9.21. The molecule has 0 N–H and O–H groups in total. The highest BCUT2D eigenvalue weighted by atomic mass is 79.9. The first-order valence-electron chi connectivity index (χ1n) is 10.4. The molecule has 2 heteroatoms. The van der Waals surface area contributed by atoms with Gasteiger partial charge in [-0.05, 0) is 97.9 Å². The highest BCUT2D eigenvalue weighted by molar-refractivity contribution is 9.09. The van der Waals surface area contributed by atoms with Gasteiger partial charge in [-0.15, -0.1) is 0 Å². The Bertz CT molecular complexity index is 506. The molecule has 2 unspecified atom stereocenters. The first-order chi connectivity index (χ1) is 11.6. The molecule has 0 aliphatic heterocycles. The minimum Gasteiger partial charge on any atom is -0.500 e. The first kappa shape index (κ1) is 17.4. The number of hydrogen-bond acceptors (Lipinski definition) is 1. The Hall–Kier alpha value is 0.0200. The van der Waals surface area contributed by atoms with Crippen LogP contribution in [0, 0.1) is 40.9 Å². The van der Waals surface area contributed by atoms with Crippen LogP contribution in [0.4, 0.5) is 0 Å². The smallest absolute Gasteiger partial charge is 0.106 e. The van der Waals surface area contributed by atoms with E-state index >= 15 is 0 Å². The van der Waals surface area contributed by atoms with Crippen LogP contribution in [-0.4, -0.2) is 12.4 Å². The number of halogens is 1.